The van der Waals surface area contributed by atoms with Crippen molar-refractivity contribution < 1.29 is 19.1 Å². The Kier molecular flexibility index (Phi) is 20.1. The summed E-state index contributed by atoms with van der Waals surface area (Å²) in [5.74, 6) is -0.365. The standard InChI is InChI=1S/C25H49NO4/c1-5-7-8-9-10-11-12-13-14-15-16-17-18-19-20-22-29-24(27)23(3)26(4)25(28)30-21-6-2/h23H,5-22H2,1-4H3. The lowest BCUT2D eigenvalue weighted by Gasteiger charge is -2.22. The molecule has 0 heterocycles. The second-order valence-electron chi connectivity index (χ2n) is 8.52. The maximum Gasteiger partial charge on any atom is 0.410 e. The summed E-state index contributed by atoms with van der Waals surface area (Å²) in [5, 5.41) is 0. The molecule has 0 aliphatic rings. The van der Waals surface area contributed by atoms with Gasteiger partial charge in [0.1, 0.15) is 6.04 Å². The summed E-state index contributed by atoms with van der Waals surface area (Å²) in [6, 6.07) is -0.620. The molecule has 0 aromatic rings. The van der Waals surface area contributed by atoms with E-state index in [0.29, 0.717) is 13.2 Å². The van der Waals surface area contributed by atoms with Crippen molar-refractivity contribution in [3.8, 4) is 0 Å². The fourth-order valence-corrected chi connectivity index (χ4v) is 3.37. The third-order valence-electron chi connectivity index (χ3n) is 5.63. The average molecular weight is 428 g/mol. The van der Waals surface area contributed by atoms with Gasteiger partial charge >= 0.3 is 12.1 Å². The lowest BCUT2D eigenvalue weighted by Crippen LogP contribution is -2.41. The molecular weight excluding hydrogens is 378 g/mol. The number of carbonyl (C=O) groups is 2. The molecule has 5 nitrogen and oxygen atoms in total. The van der Waals surface area contributed by atoms with Gasteiger partial charge < -0.3 is 9.47 Å². The summed E-state index contributed by atoms with van der Waals surface area (Å²) >= 11 is 0. The number of nitrogens with zero attached hydrogens (tertiary/aromatic N) is 1. The van der Waals surface area contributed by atoms with Crippen LogP contribution in [0.2, 0.25) is 0 Å². The normalized spacial score (nSPS) is 11.9. The van der Waals surface area contributed by atoms with E-state index in [1.54, 1.807) is 14.0 Å². The number of esters is 1. The highest BCUT2D eigenvalue weighted by Gasteiger charge is 2.24. The first-order chi connectivity index (χ1) is 14.5. The number of rotatable bonds is 20. The lowest BCUT2D eigenvalue weighted by molar-refractivity contribution is -0.148. The summed E-state index contributed by atoms with van der Waals surface area (Å²) in [5.41, 5.74) is 0. The van der Waals surface area contributed by atoms with Crippen LogP contribution in [0.15, 0.2) is 0 Å². The lowest BCUT2D eigenvalue weighted by atomic mass is 10.0. The molecule has 0 fully saturated rings. The van der Waals surface area contributed by atoms with Gasteiger partial charge in [0.2, 0.25) is 0 Å². The van der Waals surface area contributed by atoms with Crippen LogP contribution >= 0.6 is 0 Å². The van der Waals surface area contributed by atoms with Crippen LogP contribution in [0.1, 0.15) is 124 Å². The molecule has 0 N–H and O–H groups in total. The first-order valence-electron chi connectivity index (χ1n) is 12.6. The Labute approximate surface area is 186 Å². The van der Waals surface area contributed by atoms with Crippen LogP contribution in [0.25, 0.3) is 0 Å². The molecule has 1 atom stereocenters. The van der Waals surface area contributed by atoms with Gasteiger partial charge in [0.15, 0.2) is 0 Å². The van der Waals surface area contributed by atoms with Gasteiger partial charge in [0, 0.05) is 7.05 Å². The predicted molar refractivity (Wildman–Crippen MR) is 125 cm³/mol. The Bertz CT molecular complexity index is 414. The minimum atomic E-state index is -0.620. The number of amides is 1. The van der Waals surface area contributed by atoms with E-state index in [4.69, 9.17) is 9.47 Å². The molecule has 0 aromatic carbocycles. The largest absolute Gasteiger partial charge is 0.464 e. The van der Waals surface area contributed by atoms with E-state index in [0.717, 1.165) is 19.3 Å². The monoisotopic (exact) mass is 427 g/mol. The van der Waals surface area contributed by atoms with Crippen molar-refractivity contribution in [2.75, 3.05) is 20.3 Å². The minimum absolute atomic E-state index is 0.365. The fourth-order valence-electron chi connectivity index (χ4n) is 3.37. The summed E-state index contributed by atoms with van der Waals surface area (Å²) in [6.45, 7) is 6.67. The second kappa shape index (κ2) is 21.0. The average Bonchev–Trinajstić information content (AvgIpc) is 2.75. The van der Waals surface area contributed by atoms with Gasteiger partial charge in [-0.25, -0.2) is 9.59 Å². The van der Waals surface area contributed by atoms with E-state index < -0.39 is 12.1 Å². The molecule has 0 saturated carbocycles. The number of hydrogen-bond acceptors (Lipinski definition) is 4. The molecule has 1 amide bonds. The molecule has 0 spiro atoms. The molecule has 0 rings (SSSR count). The van der Waals surface area contributed by atoms with E-state index in [1.165, 1.54) is 88.4 Å². The zero-order chi connectivity index (χ0) is 22.5. The Morgan fingerprint density at radius 1 is 0.633 bits per heavy atom. The van der Waals surface area contributed by atoms with Gasteiger partial charge in [0.25, 0.3) is 0 Å². The number of ether oxygens (including phenoxy) is 2. The first kappa shape index (κ1) is 28.7. The highest BCUT2D eigenvalue weighted by Crippen LogP contribution is 2.13. The van der Waals surface area contributed by atoms with Crippen molar-refractivity contribution >= 4 is 12.1 Å². The smallest absolute Gasteiger partial charge is 0.410 e. The topological polar surface area (TPSA) is 55.8 Å². The molecule has 0 aromatic heterocycles. The minimum Gasteiger partial charge on any atom is -0.464 e. The molecule has 5 heteroatoms. The summed E-state index contributed by atoms with van der Waals surface area (Å²) in [7, 11) is 1.57. The predicted octanol–water partition coefficient (Wildman–Crippen LogP) is 7.27. The van der Waals surface area contributed by atoms with E-state index in [9.17, 15) is 9.59 Å². The van der Waals surface area contributed by atoms with Gasteiger partial charge in [-0.15, -0.1) is 0 Å². The van der Waals surface area contributed by atoms with E-state index >= 15 is 0 Å². The molecule has 0 bridgehead atoms. The SMILES string of the molecule is CCCCCCCCCCCCCCCCCOC(=O)C(C)N(C)C(=O)OCCC. The van der Waals surface area contributed by atoms with Crippen LogP contribution in [0.3, 0.4) is 0 Å². The molecular formula is C25H49NO4. The Hall–Kier alpha value is -1.26. The number of likely N-dealkylation sites (N-methyl/N-ethyl adjacent to an activating group) is 1. The van der Waals surface area contributed by atoms with E-state index in [2.05, 4.69) is 6.92 Å². The highest BCUT2D eigenvalue weighted by molar-refractivity contribution is 5.80. The Morgan fingerprint density at radius 3 is 1.50 bits per heavy atom. The van der Waals surface area contributed by atoms with Crippen molar-refractivity contribution in [1.29, 1.82) is 0 Å². The molecule has 0 radical (unpaired) electrons. The van der Waals surface area contributed by atoms with Crippen LogP contribution in [0, 0.1) is 0 Å². The van der Waals surface area contributed by atoms with Crippen LogP contribution in [-0.2, 0) is 14.3 Å². The summed E-state index contributed by atoms with van der Waals surface area (Å²) < 4.78 is 10.3. The van der Waals surface area contributed by atoms with Crippen LogP contribution in [0.5, 0.6) is 0 Å². The third kappa shape index (κ3) is 16.5. The number of carbonyl (C=O) groups excluding carboxylic acids is 2. The molecule has 0 aliphatic heterocycles. The quantitative estimate of drug-likeness (QED) is 0.151. The first-order valence-corrected chi connectivity index (χ1v) is 12.6. The van der Waals surface area contributed by atoms with Crippen molar-refractivity contribution in [3.63, 3.8) is 0 Å². The number of hydrogen-bond donors (Lipinski definition) is 0. The zero-order valence-corrected chi connectivity index (χ0v) is 20.4. The van der Waals surface area contributed by atoms with Crippen molar-refractivity contribution in [1.82, 2.24) is 4.90 Å². The zero-order valence-electron chi connectivity index (χ0n) is 20.4. The summed E-state index contributed by atoms with van der Waals surface area (Å²) in [6.07, 6.45) is 20.0. The maximum atomic E-state index is 12.0. The molecule has 0 aliphatic carbocycles. The molecule has 0 saturated heterocycles. The van der Waals surface area contributed by atoms with E-state index in [-0.39, 0.29) is 5.97 Å². The molecule has 30 heavy (non-hydrogen) atoms. The fraction of sp³-hybridized carbons (Fsp3) is 0.920. The van der Waals surface area contributed by atoms with Gasteiger partial charge in [-0.3, -0.25) is 4.90 Å². The van der Waals surface area contributed by atoms with Crippen molar-refractivity contribution in [2.45, 2.75) is 130 Å². The number of unbranched alkanes of at least 4 members (excludes halogenated alkanes) is 14. The highest BCUT2D eigenvalue weighted by atomic mass is 16.6. The van der Waals surface area contributed by atoms with Crippen LogP contribution < -0.4 is 0 Å². The van der Waals surface area contributed by atoms with Crippen molar-refractivity contribution in [2.24, 2.45) is 0 Å². The third-order valence-corrected chi connectivity index (χ3v) is 5.63. The molecule has 1 unspecified atom stereocenters. The van der Waals surface area contributed by atoms with Gasteiger partial charge in [-0.2, -0.15) is 0 Å². The Balaban J connectivity index is 3.44. The van der Waals surface area contributed by atoms with Gasteiger partial charge in [-0.1, -0.05) is 104 Å². The van der Waals surface area contributed by atoms with Crippen LogP contribution in [-0.4, -0.2) is 43.3 Å². The molecule has 178 valence electrons. The second-order valence-corrected chi connectivity index (χ2v) is 8.52. The van der Waals surface area contributed by atoms with Crippen LogP contribution in [0.4, 0.5) is 4.79 Å². The maximum absolute atomic E-state index is 12.0. The van der Waals surface area contributed by atoms with E-state index in [1.807, 2.05) is 6.92 Å². The van der Waals surface area contributed by atoms with Gasteiger partial charge in [-0.05, 0) is 19.8 Å². The van der Waals surface area contributed by atoms with Crippen molar-refractivity contribution in [3.05, 3.63) is 0 Å². The van der Waals surface area contributed by atoms with Gasteiger partial charge in [0.05, 0.1) is 13.2 Å². The summed E-state index contributed by atoms with van der Waals surface area (Å²) in [4.78, 5) is 25.1. The Morgan fingerprint density at radius 2 is 1.07 bits per heavy atom.